The maximum absolute atomic E-state index is 13.3. The minimum atomic E-state index is -4.69. The van der Waals surface area contributed by atoms with Crippen LogP contribution >= 0.6 is 0 Å². The third kappa shape index (κ3) is 6.99. The van der Waals surface area contributed by atoms with Crippen molar-refractivity contribution in [3.63, 3.8) is 0 Å². The summed E-state index contributed by atoms with van der Waals surface area (Å²) in [5.74, 6) is -2.49. The Morgan fingerprint density at radius 2 is 1.70 bits per heavy atom. The summed E-state index contributed by atoms with van der Waals surface area (Å²) in [4.78, 5) is 37.9. The molecule has 1 aliphatic heterocycles. The van der Waals surface area contributed by atoms with Gasteiger partial charge in [-0.25, -0.2) is 0 Å². The van der Waals surface area contributed by atoms with Crippen LogP contribution in [0.25, 0.3) is 0 Å². The number of nitrogens with two attached hydrogens (primary N) is 2. The summed E-state index contributed by atoms with van der Waals surface area (Å²) in [7, 11) is 0. The molecule has 0 aliphatic carbocycles. The zero-order valence-corrected chi connectivity index (χ0v) is 20.3. The number of ether oxygens (including phenoxy) is 1. The number of nitrogens with zero attached hydrogens (tertiary/aromatic N) is 1. The molecule has 0 aromatic heterocycles. The van der Waals surface area contributed by atoms with Crippen LogP contribution in [-0.4, -0.2) is 35.6 Å². The van der Waals surface area contributed by atoms with Gasteiger partial charge in [0.15, 0.2) is 0 Å². The summed E-state index contributed by atoms with van der Waals surface area (Å²) in [6, 6.07) is 9.30. The number of rotatable bonds is 9. The Morgan fingerprint density at radius 3 is 2.27 bits per heavy atom. The fraction of sp³-hybridized carbons (Fsp3) is 0.296. The van der Waals surface area contributed by atoms with Crippen LogP contribution in [0.5, 0.6) is 11.5 Å². The molecule has 1 aliphatic rings. The van der Waals surface area contributed by atoms with Crippen molar-refractivity contribution < 1.29 is 32.3 Å². The highest BCUT2D eigenvalue weighted by Gasteiger charge is 2.34. The molecule has 2 aromatic rings. The monoisotopic (exact) mass is 515 g/mol. The molecule has 1 fully saturated rings. The third-order valence-corrected chi connectivity index (χ3v) is 6.02. The van der Waals surface area contributed by atoms with Crippen LogP contribution in [0.3, 0.4) is 0 Å². The van der Waals surface area contributed by atoms with Crippen LogP contribution in [0, 0.1) is 0 Å². The first kappa shape index (κ1) is 27.5. The fourth-order valence-corrected chi connectivity index (χ4v) is 3.92. The summed E-state index contributed by atoms with van der Waals surface area (Å²) < 4.78 is 45.8. The van der Waals surface area contributed by atoms with Gasteiger partial charge in [0.2, 0.25) is 0 Å². The van der Waals surface area contributed by atoms with Gasteiger partial charge in [0.05, 0.1) is 16.8 Å². The number of carbonyl (C=O) groups excluding carboxylic acids is 3. The zero-order valence-electron chi connectivity index (χ0n) is 20.3. The SMILES string of the molecule is CCC(/C=C\C=C(/N)C(N)=O)c1ccc(Oc2ccc(C(F)(F)F)cc2C(=O)C(=O)N2CCCC2)cc1. The molecule has 1 atom stereocenters. The largest absolute Gasteiger partial charge is 0.457 e. The normalized spacial score (nSPS) is 15.1. The predicted octanol–water partition coefficient (Wildman–Crippen LogP) is 4.68. The molecule has 2 amide bonds. The van der Waals surface area contributed by atoms with Crippen molar-refractivity contribution in [3.05, 3.63) is 83.1 Å². The molecule has 10 heteroatoms. The van der Waals surface area contributed by atoms with E-state index in [1.807, 2.05) is 13.0 Å². The van der Waals surface area contributed by atoms with E-state index in [2.05, 4.69) is 0 Å². The minimum Gasteiger partial charge on any atom is -0.457 e. The first-order valence-corrected chi connectivity index (χ1v) is 11.8. The molecule has 3 rings (SSSR count). The number of hydrogen-bond donors (Lipinski definition) is 2. The van der Waals surface area contributed by atoms with Gasteiger partial charge < -0.3 is 21.1 Å². The average Bonchev–Trinajstić information content (AvgIpc) is 3.41. The quantitative estimate of drug-likeness (QED) is 0.218. The molecule has 1 heterocycles. The van der Waals surface area contributed by atoms with Crippen molar-refractivity contribution in [2.24, 2.45) is 11.5 Å². The van der Waals surface area contributed by atoms with E-state index in [9.17, 15) is 27.6 Å². The average molecular weight is 516 g/mol. The fourth-order valence-electron chi connectivity index (χ4n) is 3.92. The molecule has 2 aromatic carbocycles. The number of Topliss-reactive ketones (excluding diaryl/α,β-unsaturated/α-hetero) is 1. The summed E-state index contributed by atoms with van der Waals surface area (Å²) in [6.07, 6.45) is 2.41. The van der Waals surface area contributed by atoms with Crippen LogP contribution in [0.1, 0.15) is 53.6 Å². The lowest BCUT2D eigenvalue weighted by molar-refractivity contribution is -0.137. The van der Waals surface area contributed by atoms with Gasteiger partial charge in [0.25, 0.3) is 17.6 Å². The highest BCUT2D eigenvalue weighted by atomic mass is 19.4. The van der Waals surface area contributed by atoms with E-state index in [1.165, 1.54) is 11.0 Å². The van der Waals surface area contributed by atoms with Gasteiger partial charge in [0, 0.05) is 19.0 Å². The molecule has 0 saturated carbocycles. The topological polar surface area (TPSA) is 116 Å². The predicted molar refractivity (Wildman–Crippen MR) is 132 cm³/mol. The molecule has 0 bridgehead atoms. The van der Waals surface area contributed by atoms with Crippen molar-refractivity contribution in [2.45, 2.75) is 38.3 Å². The Balaban J connectivity index is 1.85. The highest BCUT2D eigenvalue weighted by Crippen LogP contribution is 2.35. The van der Waals surface area contributed by atoms with Crippen LogP contribution in [0.4, 0.5) is 13.2 Å². The number of amides is 2. The number of ketones is 1. The number of benzene rings is 2. The molecule has 1 unspecified atom stereocenters. The minimum absolute atomic E-state index is 0.0210. The molecule has 0 radical (unpaired) electrons. The van der Waals surface area contributed by atoms with E-state index in [-0.39, 0.29) is 23.1 Å². The van der Waals surface area contributed by atoms with Gasteiger partial charge in [-0.1, -0.05) is 31.2 Å². The van der Waals surface area contributed by atoms with Gasteiger partial charge in [-0.2, -0.15) is 13.2 Å². The smallest absolute Gasteiger partial charge is 0.416 e. The number of alkyl halides is 3. The van der Waals surface area contributed by atoms with Crippen LogP contribution in [0.2, 0.25) is 0 Å². The van der Waals surface area contributed by atoms with Gasteiger partial charge in [-0.05, 0) is 61.2 Å². The van der Waals surface area contributed by atoms with Gasteiger partial charge >= 0.3 is 6.18 Å². The van der Waals surface area contributed by atoms with E-state index in [4.69, 9.17) is 16.2 Å². The molecule has 7 nitrogen and oxygen atoms in total. The van der Waals surface area contributed by atoms with E-state index in [0.717, 1.165) is 37.0 Å². The lowest BCUT2D eigenvalue weighted by atomic mass is 9.96. The summed E-state index contributed by atoms with van der Waals surface area (Å²) in [5, 5.41) is 0. The van der Waals surface area contributed by atoms with E-state index < -0.39 is 34.9 Å². The van der Waals surface area contributed by atoms with Crippen LogP contribution in [0.15, 0.2) is 66.4 Å². The van der Waals surface area contributed by atoms with Crippen molar-refractivity contribution in [1.29, 1.82) is 0 Å². The van der Waals surface area contributed by atoms with Crippen LogP contribution in [-0.2, 0) is 15.8 Å². The van der Waals surface area contributed by atoms with Crippen molar-refractivity contribution >= 4 is 17.6 Å². The molecule has 196 valence electrons. The van der Waals surface area contributed by atoms with Gasteiger partial charge in [-0.3, -0.25) is 14.4 Å². The zero-order chi connectivity index (χ0) is 27.2. The first-order valence-electron chi connectivity index (χ1n) is 11.8. The Hall–Kier alpha value is -4.08. The number of hydrogen-bond acceptors (Lipinski definition) is 5. The van der Waals surface area contributed by atoms with Crippen molar-refractivity contribution in [1.82, 2.24) is 4.90 Å². The van der Waals surface area contributed by atoms with E-state index in [1.54, 1.807) is 30.3 Å². The number of allylic oxidation sites excluding steroid dienone is 3. The summed E-state index contributed by atoms with van der Waals surface area (Å²) in [6.45, 7) is 2.75. The van der Waals surface area contributed by atoms with E-state index >= 15 is 0 Å². The molecule has 37 heavy (non-hydrogen) atoms. The van der Waals surface area contributed by atoms with Crippen molar-refractivity contribution in [2.75, 3.05) is 13.1 Å². The number of halogens is 3. The highest BCUT2D eigenvalue weighted by molar-refractivity contribution is 6.43. The number of likely N-dealkylation sites (tertiary alicyclic amines) is 1. The Morgan fingerprint density at radius 1 is 1.05 bits per heavy atom. The van der Waals surface area contributed by atoms with E-state index in [0.29, 0.717) is 19.2 Å². The van der Waals surface area contributed by atoms with Gasteiger partial charge in [-0.15, -0.1) is 0 Å². The number of carbonyl (C=O) groups is 3. The van der Waals surface area contributed by atoms with Gasteiger partial charge in [0.1, 0.15) is 11.5 Å². The maximum Gasteiger partial charge on any atom is 0.416 e. The molecular formula is C27H28F3N3O4. The lowest BCUT2D eigenvalue weighted by Gasteiger charge is -2.17. The van der Waals surface area contributed by atoms with Crippen molar-refractivity contribution in [3.8, 4) is 11.5 Å². The standard InChI is InChI=1S/C27H28F3N3O4/c1-2-17(6-5-7-22(31)25(32)35)18-8-11-20(12-9-18)37-23-13-10-19(27(28,29)30)16-21(23)24(34)26(36)33-14-3-4-15-33/h5-13,16-17H,2-4,14-15,31H2,1H3,(H2,32,35)/b6-5-,22-7-. The Kier molecular flexibility index (Phi) is 8.75. The lowest BCUT2D eigenvalue weighted by Crippen LogP contribution is -2.34. The molecular weight excluding hydrogens is 487 g/mol. The second-order valence-electron chi connectivity index (χ2n) is 8.59. The first-order chi connectivity index (χ1) is 17.5. The second-order valence-corrected chi connectivity index (χ2v) is 8.59. The summed E-state index contributed by atoms with van der Waals surface area (Å²) >= 11 is 0. The second kappa shape index (κ2) is 11.8. The molecule has 1 saturated heterocycles. The maximum atomic E-state index is 13.3. The van der Waals surface area contributed by atoms with Crippen LogP contribution < -0.4 is 16.2 Å². The number of primary amides is 1. The molecule has 0 spiro atoms. The Labute approximate surface area is 212 Å². The summed E-state index contributed by atoms with van der Waals surface area (Å²) in [5.41, 5.74) is 9.96. The molecule has 4 N–H and O–H groups in total. The Bertz CT molecular complexity index is 1210. The third-order valence-electron chi connectivity index (χ3n) is 6.02.